The average molecular weight is 280 g/mol. The zero-order chi connectivity index (χ0) is 14.5. The predicted molar refractivity (Wildman–Crippen MR) is 76.4 cm³/mol. The molecule has 1 fully saturated rings. The molecule has 6 heteroatoms. The second-order valence-corrected chi connectivity index (χ2v) is 5.00. The van der Waals surface area contributed by atoms with E-state index < -0.39 is 5.82 Å². The van der Waals surface area contributed by atoms with Crippen molar-refractivity contribution in [2.24, 2.45) is 0 Å². The van der Waals surface area contributed by atoms with Gasteiger partial charge < -0.3 is 15.1 Å². The molecule has 1 amide bonds. The molecule has 0 bridgehead atoms. The van der Waals surface area contributed by atoms with Crippen LogP contribution < -0.4 is 5.32 Å². The molecule has 1 aromatic rings. The molecule has 1 saturated heterocycles. The number of pyridine rings is 1. The molecule has 0 unspecified atom stereocenters. The highest BCUT2D eigenvalue weighted by Gasteiger charge is 2.23. The molecule has 0 saturated carbocycles. The van der Waals surface area contributed by atoms with Gasteiger partial charge in [0.1, 0.15) is 0 Å². The summed E-state index contributed by atoms with van der Waals surface area (Å²) in [5.74, 6) is -0.665. The van der Waals surface area contributed by atoms with Crippen LogP contribution in [0.1, 0.15) is 23.7 Å². The summed E-state index contributed by atoms with van der Waals surface area (Å²) in [5.41, 5.74) is 0.0977. The number of halogens is 1. The Labute approximate surface area is 118 Å². The third-order valence-electron chi connectivity index (χ3n) is 3.47. The molecule has 1 aliphatic heterocycles. The molecule has 0 radical (unpaired) electrons. The highest BCUT2D eigenvalue weighted by molar-refractivity contribution is 5.95. The second kappa shape index (κ2) is 6.65. The fourth-order valence-corrected chi connectivity index (χ4v) is 2.32. The van der Waals surface area contributed by atoms with Crippen LogP contribution in [0.15, 0.2) is 12.3 Å². The number of nitrogens with zero attached hydrogens (tertiary/aromatic N) is 3. The molecule has 110 valence electrons. The lowest BCUT2D eigenvalue weighted by Crippen LogP contribution is -2.35. The summed E-state index contributed by atoms with van der Waals surface area (Å²) in [6, 6.07) is 1.45. The normalized spacial score (nSPS) is 16.9. The monoisotopic (exact) mass is 280 g/mol. The first-order chi connectivity index (χ1) is 9.63. The molecule has 0 spiro atoms. The van der Waals surface area contributed by atoms with Crippen LogP contribution in [0.5, 0.6) is 0 Å². The number of likely N-dealkylation sites (N-methyl/N-ethyl adjacent to an activating group) is 1. The third-order valence-corrected chi connectivity index (χ3v) is 3.47. The standard InChI is InChI=1S/C14H21FN4O/c1-3-16-13-12(15)11(5-6-17-13)14(20)19-8-4-7-18(2)9-10-19/h5-6H,3-4,7-10H2,1-2H3,(H,16,17). The number of hydrogen-bond acceptors (Lipinski definition) is 4. The second-order valence-electron chi connectivity index (χ2n) is 5.00. The van der Waals surface area contributed by atoms with Gasteiger partial charge >= 0.3 is 0 Å². The van der Waals surface area contributed by atoms with Gasteiger partial charge in [0.05, 0.1) is 5.56 Å². The Morgan fingerprint density at radius 3 is 2.95 bits per heavy atom. The van der Waals surface area contributed by atoms with Crippen molar-refractivity contribution in [2.75, 3.05) is 45.1 Å². The summed E-state index contributed by atoms with van der Waals surface area (Å²) >= 11 is 0. The largest absolute Gasteiger partial charge is 0.368 e. The maximum atomic E-state index is 14.3. The van der Waals surface area contributed by atoms with Gasteiger partial charge in [0.2, 0.25) is 0 Å². The first-order valence-electron chi connectivity index (χ1n) is 6.99. The molecular formula is C14H21FN4O. The highest BCUT2D eigenvalue weighted by Crippen LogP contribution is 2.17. The highest BCUT2D eigenvalue weighted by atomic mass is 19.1. The van der Waals surface area contributed by atoms with Crippen molar-refractivity contribution in [3.63, 3.8) is 0 Å². The van der Waals surface area contributed by atoms with Gasteiger partial charge in [-0.15, -0.1) is 0 Å². The molecule has 2 heterocycles. The van der Waals surface area contributed by atoms with E-state index in [-0.39, 0.29) is 17.3 Å². The lowest BCUT2D eigenvalue weighted by atomic mass is 10.2. The average Bonchev–Trinajstić information content (AvgIpc) is 2.65. The van der Waals surface area contributed by atoms with Crippen LogP contribution in [0, 0.1) is 5.82 Å². The van der Waals surface area contributed by atoms with Crippen molar-refractivity contribution in [2.45, 2.75) is 13.3 Å². The molecule has 1 aliphatic rings. The SMILES string of the molecule is CCNc1nccc(C(=O)N2CCCN(C)CC2)c1F. The van der Waals surface area contributed by atoms with E-state index in [1.807, 2.05) is 14.0 Å². The van der Waals surface area contributed by atoms with Crippen LogP contribution >= 0.6 is 0 Å². The Bertz CT molecular complexity index is 480. The van der Waals surface area contributed by atoms with Crippen molar-refractivity contribution < 1.29 is 9.18 Å². The maximum Gasteiger partial charge on any atom is 0.257 e. The van der Waals surface area contributed by atoms with E-state index in [9.17, 15) is 9.18 Å². The number of carbonyl (C=O) groups excluding carboxylic acids is 1. The molecule has 1 N–H and O–H groups in total. The van der Waals surface area contributed by atoms with E-state index in [1.54, 1.807) is 4.90 Å². The predicted octanol–water partition coefficient (Wildman–Crippen LogP) is 1.43. The lowest BCUT2D eigenvalue weighted by molar-refractivity contribution is 0.0758. The first kappa shape index (κ1) is 14.7. The van der Waals surface area contributed by atoms with Crippen molar-refractivity contribution in [3.05, 3.63) is 23.6 Å². The molecule has 0 aromatic carbocycles. The molecule has 5 nitrogen and oxygen atoms in total. The van der Waals surface area contributed by atoms with E-state index in [1.165, 1.54) is 12.3 Å². The zero-order valence-corrected chi connectivity index (χ0v) is 12.0. The number of hydrogen-bond donors (Lipinski definition) is 1. The topological polar surface area (TPSA) is 48.5 Å². The van der Waals surface area contributed by atoms with Crippen molar-refractivity contribution in [1.82, 2.24) is 14.8 Å². The van der Waals surface area contributed by atoms with E-state index in [2.05, 4.69) is 15.2 Å². The van der Waals surface area contributed by atoms with E-state index in [4.69, 9.17) is 0 Å². The van der Waals surface area contributed by atoms with Gasteiger partial charge in [0.15, 0.2) is 11.6 Å². The molecular weight excluding hydrogens is 259 g/mol. The fourth-order valence-electron chi connectivity index (χ4n) is 2.32. The van der Waals surface area contributed by atoms with Crippen LogP contribution in [-0.2, 0) is 0 Å². The number of amides is 1. The minimum absolute atomic E-state index is 0.0977. The van der Waals surface area contributed by atoms with Gasteiger partial charge in [0, 0.05) is 32.4 Å². The molecule has 20 heavy (non-hydrogen) atoms. The summed E-state index contributed by atoms with van der Waals surface area (Å²) in [4.78, 5) is 20.3. The Morgan fingerprint density at radius 1 is 1.40 bits per heavy atom. The van der Waals surface area contributed by atoms with Crippen LogP contribution in [-0.4, -0.2) is 60.5 Å². The Morgan fingerprint density at radius 2 is 2.20 bits per heavy atom. The van der Waals surface area contributed by atoms with Gasteiger partial charge in [-0.1, -0.05) is 0 Å². The summed E-state index contributed by atoms with van der Waals surface area (Å²) in [6.45, 7) is 5.51. The molecule has 2 rings (SSSR count). The van der Waals surface area contributed by atoms with Gasteiger partial charge in [-0.25, -0.2) is 9.37 Å². The smallest absolute Gasteiger partial charge is 0.257 e. The summed E-state index contributed by atoms with van der Waals surface area (Å²) in [7, 11) is 2.03. The molecule has 1 aromatic heterocycles. The first-order valence-corrected chi connectivity index (χ1v) is 6.99. The lowest BCUT2D eigenvalue weighted by Gasteiger charge is -2.21. The zero-order valence-electron chi connectivity index (χ0n) is 12.0. The number of anilines is 1. The quantitative estimate of drug-likeness (QED) is 0.910. The minimum atomic E-state index is -0.558. The summed E-state index contributed by atoms with van der Waals surface area (Å²) in [5, 5.41) is 2.83. The van der Waals surface area contributed by atoms with Gasteiger partial charge in [0.25, 0.3) is 5.91 Å². The van der Waals surface area contributed by atoms with Crippen LogP contribution in [0.4, 0.5) is 10.2 Å². The number of aromatic nitrogens is 1. The van der Waals surface area contributed by atoms with Crippen LogP contribution in [0.25, 0.3) is 0 Å². The Balaban J connectivity index is 2.18. The number of nitrogens with one attached hydrogen (secondary N) is 1. The van der Waals surface area contributed by atoms with E-state index in [0.29, 0.717) is 19.6 Å². The van der Waals surface area contributed by atoms with E-state index in [0.717, 1.165) is 19.5 Å². The number of carbonyl (C=O) groups is 1. The van der Waals surface area contributed by atoms with E-state index >= 15 is 0 Å². The van der Waals surface area contributed by atoms with Gasteiger partial charge in [-0.05, 0) is 33.0 Å². The van der Waals surface area contributed by atoms with Crippen molar-refractivity contribution in [3.8, 4) is 0 Å². The molecule has 0 aliphatic carbocycles. The summed E-state index contributed by atoms with van der Waals surface area (Å²) < 4.78 is 14.3. The van der Waals surface area contributed by atoms with Crippen LogP contribution in [0.2, 0.25) is 0 Å². The van der Waals surface area contributed by atoms with Gasteiger partial charge in [-0.2, -0.15) is 0 Å². The molecule has 0 atom stereocenters. The fraction of sp³-hybridized carbons (Fsp3) is 0.571. The number of rotatable bonds is 3. The summed E-state index contributed by atoms with van der Waals surface area (Å²) in [6.07, 6.45) is 2.38. The minimum Gasteiger partial charge on any atom is -0.368 e. The van der Waals surface area contributed by atoms with Crippen molar-refractivity contribution >= 4 is 11.7 Å². The third kappa shape index (κ3) is 3.25. The maximum absolute atomic E-state index is 14.3. The van der Waals surface area contributed by atoms with Gasteiger partial charge in [-0.3, -0.25) is 4.79 Å². The van der Waals surface area contributed by atoms with Crippen molar-refractivity contribution in [1.29, 1.82) is 0 Å². The Hall–Kier alpha value is -1.69. The Kier molecular flexibility index (Phi) is 4.89. The van der Waals surface area contributed by atoms with Crippen LogP contribution in [0.3, 0.4) is 0 Å².